The fourth-order valence-corrected chi connectivity index (χ4v) is 3.69. The minimum Gasteiger partial charge on any atom is -0.506 e. The Bertz CT molecular complexity index is 1110. The summed E-state index contributed by atoms with van der Waals surface area (Å²) >= 11 is 0. The second kappa shape index (κ2) is 10.2. The van der Waals surface area contributed by atoms with E-state index in [-0.39, 0.29) is 23.3 Å². The molecule has 0 spiro atoms. The molecule has 0 radical (unpaired) electrons. The molecular weight excluding hydrogens is 394 g/mol. The van der Waals surface area contributed by atoms with Crippen molar-refractivity contribution in [3.63, 3.8) is 0 Å². The van der Waals surface area contributed by atoms with E-state index in [4.69, 9.17) is 0 Å². The van der Waals surface area contributed by atoms with Crippen LogP contribution in [0.5, 0.6) is 5.75 Å². The molecule has 2 atom stereocenters. The summed E-state index contributed by atoms with van der Waals surface area (Å²) in [4.78, 5) is 25.2. The number of hydrogen-bond donors (Lipinski definition) is 5. The van der Waals surface area contributed by atoms with Crippen LogP contribution in [0.2, 0.25) is 0 Å². The van der Waals surface area contributed by atoms with Gasteiger partial charge in [-0.2, -0.15) is 0 Å². The Kier molecular flexibility index (Phi) is 7.44. The number of rotatable bonds is 9. The number of benzene rings is 2. The van der Waals surface area contributed by atoms with Crippen molar-refractivity contribution in [3.8, 4) is 5.75 Å². The third kappa shape index (κ3) is 6.16. The van der Waals surface area contributed by atoms with E-state index in [9.17, 15) is 19.8 Å². The van der Waals surface area contributed by atoms with E-state index < -0.39 is 6.10 Å². The van der Waals surface area contributed by atoms with Crippen LogP contribution in [0.25, 0.3) is 10.9 Å². The molecule has 0 unspecified atom stereocenters. The van der Waals surface area contributed by atoms with Crippen molar-refractivity contribution < 1.29 is 15.0 Å². The summed E-state index contributed by atoms with van der Waals surface area (Å²) in [7, 11) is 0. The predicted octanol–water partition coefficient (Wildman–Crippen LogP) is 2.17. The number of phenols is 1. The molecule has 0 fully saturated rings. The Morgan fingerprint density at radius 2 is 1.90 bits per heavy atom. The van der Waals surface area contributed by atoms with Crippen LogP contribution in [0.1, 0.15) is 36.6 Å². The molecule has 0 aliphatic heterocycles. The van der Waals surface area contributed by atoms with Crippen LogP contribution >= 0.6 is 0 Å². The van der Waals surface area contributed by atoms with Crippen LogP contribution in [0, 0.1) is 0 Å². The van der Waals surface area contributed by atoms with Gasteiger partial charge in [0.15, 0.2) is 0 Å². The standard InChI is InChI=1S/C24H29N3O4/c1-15(12-18-5-3-4-17(13-18)10-11-25-16(2)28)26-14-22(30)19-6-8-21(29)24-20(19)7-9-23(31)27-24/h3-9,13,15,22,26,29-30H,10-12,14H2,1-2H3,(H,25,28)(H,27,31)/t15-,22+/m1/s1. The Morgan fingerprint density at radius 3 is 2.68 bits per heavy atom. The van der Waals surface area contributed by atoms with Crippen molar-refractivity contribution in [2.24, 2.45) is 0 Å². The van der Waals surface area contributed by atoms with Gasteiger partial charge in [0.1, 0.15) is 5.75 Å². The molecule has 164 valence electrons. The quantitative estimate of drug-likeness (QED) is 0.362. The van der Waals surface area contributed by atoms with Gasteiger partial charge in [0.2, 0.25) is 11.5 Å². The number of H-pyrrole nitrogens is 1. The smallest absolute Gasteiger partial charge is 0.248 e. The largest absolute Gasteiger partial charge is 0.506 e. The van der Waals surface area contributed by atoms with Crippen molar-refractivity contribution in [1.82, 2.24) is 15.6 Å². The number of aliphatic hydroxyl groups excluding tert-OH is 1. The summed E-state index contributed by atoms with van der Waals surface area (Å²) in [6.07, 6.45) is 0.786. The first-order chi connectivity index (χ1) is 14.8. The normalized spacial score (nSPS) is 13.1. The summed E-state index contributed by atoms with van der Waals surface area (Å²) in [5.41, 5.74) is 3.02. The van der Waals surface area contributed by atoms with Crippen molar-refractivity contribution in [1.29, 1.82) is 0 Å². The summed E-state index contributed by atoms with van der Waals surface area (Å²) < 4.78 is 0. The second-order valence-electron chi connectivity index (χ2n) is 7.87. The first kappa shape index (κ1) is 22.5. The van der Waals surface area contributed by atoms with Gasteiger partial charge in [-0.25, -0.2) is 0 Å². The molecule has 0 saturated heterocycles. The topological polar surface area (TPSA) is 114 Å². The molecule has 31 heavy (non-hydrogen) atoms. The molecule has 7 nitrogen and oxygen atoms in total. The SMILES string of the molecule is CC(=O)NCCc1cccc(C[C@@H](C)NC[C@H](O)c2ccc(O)c3[nH]c(=O)ccc23)c1. The van der Waals surface area contributed by atoms with E-state index in [0.717, 1.165) is 12.8 Å². The number of carbonyl (C=O) groups is 1. The average molecular weight is 424 g/mol. The van der Waals surface area contributed by atoms with Crippen LogP contribution in [0.3, 0.4) is 0 Å². The highest BCUT2D eigenvalue weighted by Crippen LogP contribution is 2.28. The Morgan fingerprint density at radius 1 is 1.13 bits per heavy atom. The first-order valence-electron chi connectivity index (χ1n) is 10.4. The Labute approximate surface area is 181 Å². The van der Waals surface area contributed by atoms with Gasteiger partial charge in [-0.3, -0.25) is 9.59 Å². The number of nitrogens with one attached hydrogen (secondary N) is 3. The zero-order valence-corrected chi connectivity index (χ0v) is 17.8. The number of aromatic nitrogens is 1. The number of fused-ring (bicyclic) bond motifs is 1. The number of phenolic OH excluding ortho intramolecular Hbond substituents is 1. The van der Waals surface area contributed by atoms with Gasteiger partial charge in [0.25, 0.3) is 0 Å². The molecule has 7 heteroatoms. The maximum absolute atomic E-state index is 11.6. The fourth-order valence-electron chi connectivity index (χ4n) is 3.69. The highest BCUT2D eigenvalue weighted by molar-refractivity contribution is 5.87. The Hall–Kier alpha value is -3.16. The summed E-state index contributed by atoms with van der Waals surface area (Å²) in [6.45, 7) is 4.52. The molecule has 2 aromatic carbocycles. The van der Waals surface area contributed by atoms with Crippen LogP contribution < -0.4 is 16.2 Å². The predicted molar refractivity (Wildman–Crippen MR) is 121 cm³/mol. The summed E-state index contributed by atoms with van der Waals surface area (Å²) in [6, 6.07) is 14.5. The molecule has 3 aromatic rings. The maximum atomic E-state index is 11.6. The first-order valence-corrected chi connectivity index (χ1v) is 10.4. The van der Waals surface area contributed by atoms with E-state index >= 15 is 0 Å². The van der Waals surface area contributed by atoms with E-state index in [0.29, 0.717) is 29.6 Å². The second-order valence-corrected chi connectivity index (χ2v) is 7.87. The fraction of sp³-hybridized carbons (Fsp3) is 0.333. The van der Waals surface area contributed by atoms with E-state index in [2.05, 4.69) is 34.7 Å². The van der Waals surface area contributed by atoms with Crippen LogP contribution in [0.4, 0.5) is 0 Å². The highest BCUT2D eigenvalue weighted by atomic mass is 16.3. The van der Waals surface area contributed by atoms with Gasteiger partial charge in [-0.1, -0.05) is 30.3 Å². The minimum absolute atomic E-state index is 0.0247. The lowest BCUT2D eigenvalue weighted by molar-refractivity contribution is -0.118. The molecular formula is C24H29N3O4. The van der Waals surface area contributed by atoms with E-state index in [1.54, 1.807) is 12.1 Å². The average Bonchev–Trinajstić information content (AvgIpc) is 2.73. The van der Waals surface area contributed by atoms with Crippen LogP contribution in [-0.4, -0.2) is 40.2 Å². The molecule has 1 heterocycles. The van der Waals surface area contributed by atoms with Crippen molar-refractivity contribution in [2.45, 2.75) is 38.8 Å². The lowest BCUT2D eigenvalue weighted by atomic mass is 10.0. The van der Waals surface area contributed by atoms with E-state index in [1.165, 1.54) is 30.2 Å². The molecule has 0 saturated carbocycles. The van der Waals surface area contributed by atoms with Gasteiger partial charge < -0.3 is 25.8 Å². The molecule has 1 aromatic heterocycles. The number of aromatic amines is 1. The monoisotopic (exact) mass is 423 g/mol. The minimum atomic E-state index is -0.791. The zero-order valence-electron chi connectivity index (χ0n) is 17.8. The van der Waals surface area contributed by atoms with Gasteiger partial charge in [-0.15, -0.1) is 0 Å². The highest BCUT2D eigenvalue weighted by Gasteiger charge is 2.15. The van der Waals surface area contributed by atoms with Gasteiger partial charge in [0, 0.05) is 37.5 Å². The van der Waals surface area contributed by atoms with Crippen molar-refractivity contribution in [2.75, 3.05) is 13.1 Å². The summed E-state index contributed by atoms with van der Waals surface area (Å²) in [5.74, 6) is -0.0522. The number of aromatic hydroxyl groups is 1. The lowest BCUT2D eigenvalue weighted by Crippen LogP contribution is -2.32. The van der Waals surface area contributed by atoms with Gasteiger partial charge in [-0.05, 0) is 48.6 Å². The number of hydrogen-bond acceptors (Lipinski definition) is 5. The number of pyridine rings is 1. The Balaban J connectivity index is 1.59. The third-order valence-corrected chi connectivity index (χ3v) is 5.25. The molecule has 5 N–H and O–H groups in total. The third-order valence-electron chi connectivity index (χ3n) is 5.25. The van der Waals surface area contributed by atoms with Gasteiger partial charge >= 0.3 is 0 Å². The molecule has 0 bridgehead atoms. The van der Waals surface area contributed by atoms with Crippen molar-refractivity contribution in [3.05, 3.63) is 75.6 Å². The molecule has 1 amide bonds. The van der Waals surface area contributed by atoms with E-state index in [1.807, 2.05) is 12.1 Å². The molecule has 0 aliphatic rings. The number of carbonyl (C=O) groups excluding carboxylic acids is 1. The maximum Gasteiger partial charge on any atom is 0.248 e. The lowest BCUT2D eigenvalue weighted by Gasteiger charge is -2.19. The number of aliphatic hydroxyl groups is 1. The van der Waals surface area contributed by atoms with Gasteiger partial charge in [0.05, 0.1) is 11.6 Å². The molecule has 0 aliphatic carbocycles. The van der Waals surface area contributed by atoms with Crippen LogP contribution in [0.15, 0.2) is 53.3 Å². The van der Waals surface area contributed by atoms with Crippen molar-refractivity contribution >= 4 is 16.8 Å². The van der Waals surface area contributed by atoms with Crippen LogP contribution in [-0.2, 0) is 17.6 Å². The summed E-state index contributed by atoms with van der Waals surface area (Å²) in [5, 5.41) is 27.5. The number of amides is 1. The molecule has 3 rings (SSSR count). The zero-order chi connectivity index (χ0) is 22.4.